The summed E-state index contributed by atoms with van der Waals surface area (Å²) in [5.74, 6) is 0.437. The minimum Gasteiger partial charge on any atom is -0.474 e. The highest BCUT2D eigenvalue weighted by Gasteiger charge is 2.24. The van der Waals surface area contributed by atoms with E-state index in [1.807, 2.05) is 0 Å². The number of rotatable bonds is 4. The highest BCUT2D eigenvalue weighted by Crippen LogP contribution is 2.30. The number of benzene rings is 1. The maximum atomic E-state index is 11.0. The first-order valence-corrected chi connectivity index (χ1v) is 7.77. The Balaban J connectivity index is 1.80. The van der Waals surface area contributed by atoms with Crippen molar-refractivity contribution in [2.45, 2.75) is 37.8 Å². The molecule has 0 spiro atoms. The molecule has 0 N–H and O–H groups in total. The molecule has 1 fully saturated rings. The van der Waals surface area contributed by atoms with Crippen LogP contribution in [0.4, 0.5) is 5.69 Å². The third-order valence-electron chi connectivity index (χ3n) is 4.45. The third kappa shape index (κ3) is 3.39. The van der Waals surface area contributed by atoms with E-state index >= 15 is 0 Å². The van der Waals surface area contributed by atoms with Gasteiger partial charge in [-0.25, -0.2) is 9.97 Å². The molecule has 0 atom stereocenters. The molecule has 1 aromatic heterocycles. The summed E-state index contributed by atoms with van der Waals surface area (Å²) in [6, 6.07) is 5.15. The van der Waals surface area contributed by atoms with Crippen molar-refractivity contribution in [1.29, 1.82) is 0 Å². The highest BCUT2D eigenvalue weighted by molar-refractivity contribution is 5.85. The monoisotopic (exact) mass is 316 g/mol. The zero-order valence-electron chi connectivity index (χ0n) is 13.3. The van der Waals surface area contributed by atoms with Crippen LogP contribution in [0.5, 0.6) is 5.88 Å². The van der Waals surface area contributed by atoms with Crippen molar-refractivity contribution in [2.24, 2.45) is 0 Å². The van der Waals surface area contributed by atoms with Gasteiger partial charge < -0.3 is 9.64 Å². The van der Waals surface area contributed by atoms with Crippen LogP contribution in [0.15, 0.2) is 24.5 Å². The average Bonchev–Trinajstić information content (AvgIpc) is 2.55. The minimum absolute atomic E-state index is 0.0217. The van der Waals surface area contributed by atoms with Crippen LogP contribution in [-0.2, 0) is 0 Å². The van der Waals surface area contributed by atoms with E-state index in [9.17, 15) is 10.1 Å². The van der Waals surface area contributed by atoms with E-state index in [-0.39, 0.29) is 11.8 Å². The summed E-state index contributed by atoms with van der Waals surface area (Å²) in [6.45, 7) is 0. The Morgan fingerprint density at radius 1 is 1.22 bits per heavy atom. The van der Waals surface area contributed by atoms with Crippen molar-refractivity contribution in [3.8, 4) is 5.88 Å². The first-order chi connectivity index (χ1) is 11.0. The SMILES string of the molecule is CN(C)C1CCC(Oc2ncnc3ccc([N+](=O)[O-])cc23)CC1. The molecule has 2 aromatic rings. The van der Waals surface area contributed by atoms with Crippen molar-refractivity contribution in [1.82, 2.24) is 14.9 Å². The molecule has 1 heterocycles. The number of ether oxygens (including phenoxy) is 1. The number of aromatic nitrogens is 2. The quantitative estimate of drug-likeness (QED) is 0.637. The second-order valence-corrected chi connectivity index (χ2v) is 6.15. The molecule has 1 aliphatic rings. The van der Waals surface area contributed by atoms with Crippen LogP contribution < -0.4 is 4.74 Å². The van der Waals surface area contributed by atoms with Crippen molar-refractivity contribution < 1.29 is 9.66 Å². The van der Waals surface area contributed by atoms with Crippen LogP contribution in [0.2, 0.25) is 0 Å². The van der Waals surface area contributed by atoms with Gasteiger partial charge in [-0.3, -0.25) is 10.1 Å². The molecular weight excluding hydrogens is 296 g/mol. The van der Waals surface area contributed by atoms with Crippen molar-refractivity contribution >= 4 is 16.6 Å². The Hall–Kier alpha value is -2.28. The van der Waals surface area contributed by atoms with E-state index in [4.69, 9.17) is 4.74 Å². The molecule has 0 amide bonds. The van der Waals surface area contributed by atoms with E-state index in [0.717, 1.165) is 25.7 Å². The van der Waals surface area contributed by atoms with Crippen LogP contribution in [-0.4, -0.2) is 46.0 Å². The summed E-state index contributed by atoms with van der Waals surface area (Å²) < 4.78 is 6.04. The number of non-ortho nitro benzene ring substituents is 1. The van der Waals surface area contributed by atoms with Gasteiger partial charge in [0.25, 0.3) is 5.69 Å². The van der Waals surface area contributed by atoms with Gasteiger partial charge in [0, 0.05) is 18.2 Å². The number of hydrogen-bond donors (Lipinski definition) is 0. The zero-order valence-corrected chi connectivity index (χ0v) is 13.3. The molecule has 1 aromatic carbocycles. The maximum absolute atomic E-state index is 11.0. The summed E-state index contributed by atoms with van der Waals surface area (Å²) >= 11 is 0. The number of fused-ring (bicyclic) bond motifs is 1. The lowest BCUT2D eigenvalue weighted by molar-refractivity contribution is -0.384. The van der Waals surface area contributed by atoms with Gasteiger partial charge >= 0.3 is 0 Å². The van der Waals surface area contributed by atoms with E-state index in [0.29, 0.717) is 22.8 Å². The molecular formula is C16H20N4O3. The zero-order chi connectivity index (χ0) is 16.4. The number of nitro groups is 1. The Bertz CT molecular complexity index is 712. The Labute approximate surface area is 134 Å². The summed E-state index contributed by atoms with van der Waals surface area (Å²) in [4.78, 5) is 21.1. The van der Waals surface area contributed by atoms with Gasteiger partial charge in [-0.1, -0.05) is 0 Å². The average molecular weight is 316 g/mol. The molecule has 0 saturated heterocycles. The van der Waals surface area contributed by atoms with Gasteiger partial charge in [0.15, 0.2) is 0 Å². The topological polar surface area (TPSA) is 81.4 Å². The molecule has 7 nitrogen and oxygen atoms in total. The van der Waals surface area contributed by atoms with Crippen LogP contribution in [0, 0.1) is 10.1 Å². The predicted octanol–water partition coefficient (Wildman–Crippen LogP) is 2.79. The highest BCUT2D eigenvalue weighted by atomic mass is 16.6. The van der Waals surface area contributed by atoms with Crippen molar-refractivity contribution in [3.63, 3.8) is 0 Å². The first kappa shape index (κ1) is 15.6. The van der Waals surface area contributed by atoms with Crippen LogP contribution >= 0.6 is 0 Å². The second kappa shape index (κ2) is 6.45. The molecule has 3 rings (SSSR count). The van der Waals surface area contributed by atoms with Gasteiger partial charge in [0.05, 0.1) is 15.8 Å². The Morgan fingerprint density at radius 2 is 1.96 bits per heavy atom. The number of nitrogens with zero attached hydrogens (tertiary/aromatic N) is 4. The van der Waals surface area contributed by atoms with Crippen LogP contribution in [0.1, 0.15) is 25.7 Å². The predicted molar refractivity (Wildman–Crippen MR) is 86.6 cm³/mol. The molecule has 1 aliphatic carbocycles. The molecule has 0 unspecified atom stereocenters. The van der Waals surface area contributed by atoms with Gasteiger partial charge in [0.1, 0.15) is 12.4 Å². The summed E-state index contributed by atoms with van der Waals surface area (Å²) in [5, 5.41) is 11.6. The van der Waals surface area contributed by atoms with Gasteiger partial charge in [-0.15, -0.1) is 0 Å². The normalized spacial score (nSPS) is 21.5. The molecule has 0 bridgehead atoms. The lowest BCUT2D eigenvalue weighted by Gasteiger charge is -2.32. The molecule has 122 valence electrons. The van der Waals surface area contributed by atoms with Crippen molar-refractivity contribution in [2.75, 3.05) is 14.1 Å². The lowest BCUT2D eigenvalue weighted by Crippen LogP contribution is -2.35. The largest absolute Gasteiger partial charge is 0.474 e. The minimum atomic E-state index is -0.418. The molecule has 0 radical (unpaired) electrons. The first-order valence-electron chi connectivity index (χ1n) is 7.77. The van der Waals surface area contributed by atoms with Crippen LogP contribution in [0.25, 0.3) is 10.9 Å². The van der Waals surface area contributed by atoms with Crippen molar-refractivity contribution in [3.05, 3.63) is 34.6 Å². The summed E-state index contributed by atoms with van der Waals surface area (Å²) in [6.07, 6.45) is 5.63. The van der Waals surface area contributed by atoms with E-state index < -0.39 is 4.92 Å². The van der Waals surface area contributed by atoms with Gasteiger partial charge in [0.2, 0.25) is 5.88 Å². The summed E-state index contributed by atoms with van der Waals surface area (Å²) in [7, 11) is 4.20. The number of nitro benzene ring substituents is 1. The molecule has 0 aliphatic heterocycles. The Morgan fingerprint density at radius 3 is 2.61 bits per heavy atom. The number of hydrogen-bond acceptors (Lipinski definition) is 6. The Kier molecular flexibility index (Phi) is 4.38. The standard InChI is InChI=1S/C16H20N4O3/c1-19(2)11-3-6-13(7-4-11)23-16-14-9-12(20(21)22)5-8-15(14)17-10-18-16/h5,8-11,13H,3-4,6-7H2,1-2H3. The molecule has 1 saturated carbocycles. The van der Waals surface area contributed by atoms with Gasteiger partial charge in [-0.05, 0) is 45.8 Å². The fourth-order valence-corrected chi connectivity index (χ4v) is 3.07. The van der Waals surface area contributed by atoms with Gasteiger partial charge in [-0.2, -0.15) is 0 Å². The fraction of sp³-hybridized carbons (Fsp3) is 0.500. The lowest BCUT2D eigenvalue weighted by atomic mass is 9.92. The third-order valence-corrected chi connectivity index (χ3v) is 4.45. The smallest absolute Gasteiger partial charge is 0.270 e. The fourth-order valence-electron chi connectivity index (χ4n) is 3.07. The van der Waals surface area contributed by atoms with Crippen LogP contribution in [0.3, 0.4) is 0 Å². The summed E-state index contributed by atoms with van der Waals surface area (Å²) in [5.41, 5.74) is 0.677. The van der Waals surface area contributed by atoms with E-state index in [2.05, 4.69) is 29.0 Å². The van der Waals surface area contributed by atoms with E-state index in [1.54, 1.807) is 6.07 Å². The van der Waals surface area contributed by atoms with E-state index in [1.165, 1.54) is 18.5 Å². The molecule has 23 heavy (non-hydrogen) atoms. The second-order valence-electron chi connectivity index (χ2n) is 6.15. The maximum Gasteiger partial charge on any atom is 0.270 e. The molecule has 7 heteroatoms.